The first kappa shape index (κ1) is 15.4. The Labute approximate surface area is 126 Å². The SMILES string of the molecule is CC[C@@H](OC)Oc1nc(NC(C)=O)nc2ccc(Cl)nc12. The van der Waals surface area contributed by atoms with E-state index in [-0.39, 0.29) is 17.7 Å². The van der Waals surface area contributed by atoms with Gasteiger partial charge < -0.3 is 9.47 Å². The van der Waals surface area contributed by atoms with E-state index >= 15 is 0 Å². The van der Waals surface area contributed by atoms with E-state index in [4.69, 9.17) is 21.1 Å². The molecule has 1 N–H and O–H groups in total. The van der Waals surface area contributed by atoms with Gasteiger partial charge in [0.25, 0.3) is 0 Å². The van der Waals surface area contributed by atoms with Crippen molar-refractivity contribution in [2.24, 2.45) is 0 Å². The van der Waals surface area contributed by atoms with Crippen LogP contribution in [0.4, 0.5) is 5.95 Å². The summed E-state index contributed by atoms with van der Waals surface area (Å²) in [5, 5.41) is 2.82. The Morgan fingerprint density at radius 3 is 2.76 bits per heavy atom. The lowest BCUT2D eigenvalue weighted by atomic mass is 10.3. The standard InChI is InChI=1S/C13H15ClN4O3/c1-4-10(20-3)21-12-11-8(5-6-9(14)17-11)16-13(18-12)15-7(2)19/h5-6,10H,4H2,1-3H3,(H,15,16,18,19)/t10-/m0/s1. The molecular weight excluding hydrogens is 296 g/mol. The van der Waals surface area contributed by atoms with Crippen LogP contribution in [-0.4, -0.2) is 34.3 Å². The molecule has 0 fully saturated rings. The maximum Gasteiger partial charge on any atom is 0.247 e. The Morgan fingerprint density at radius 1 is 1.38 bits per heavy atom. The minimum atomic E-state index is -0.478. The first-order chi connectivity index (χ1) is 10.0. The third-order valence-corrected chi connectivity index (χ3v) is 2.81. The van der Waals surface area contributed by atoms with Crippen molar-refractivity contribution in [1.29, 1.82) is 0 Å². The molecule has 2 aromatic heterocycles. The van der Waals surface area contributed by atoms with Crippen LogP contribution >= 0.6 is 11.6 Å². The topological polar surface area (TPSA) is 86.2 Å². The number of methoxy groups -OCH3 is 1. The Bertz CT molecular complexity index is 661. The van der Waals surface area contributed by atoms with Crippen molar-refractivity contribution in [3.8, 4) is 5.88 Å². The molecule has 2 aromatic rings. The fourth-order valence-electron chi connectivity index (χ4n) is 1.68. The number of ether oxygens (including phenoxy) is 2. The van der Waals surface area contributed by atoms with Gasteiger partial charge >= 0.3 is 0 Å². The lowest BCUT2D eigenvalue weighted by Gasteiger charge is -2.16. The number of rotatable bonds is 5. The molecular formula is C13H15ClN4O3. The molecule has 0 bridgehead atoms. The summed E-state index contributed by atoms with van der Waals surface area (Å²) in [4.78, 5) is 23.7. The number of aromatic nitrogens is 3. The molecule has 1 atom stereocenters. The highest BCUT2D eigenvalue weighted by atomic mass is 35.5. The summed E-state index contributed by atoms with van der Waals surface area (Å²) >= 11 is 5.90. The van der Waals surface area contributed by atoms with Gasteiger partial charge in [-0.1, -0.05) is 18.5 Å². The van der Waals surface area contributed by atoms with E-state index in [2.05, 4.69) is 20.3 Å². The molecule has 8 heteroatoms. The largest absolute Gasteiger partial charge is 0.446 e. The Hall–Kier alpha value is -1.99. The average molecular weight is 311 g/mol. The number of hydrogen-bond donors (Lipinski definition) is 1. The van der Waals surface area contributed by atoms with E-state index in [1.54, 1.807) is 12.1 Å². The molecule has 0 aromatic carbocycles. The second-order valence-corrected chi connectivity index (χ2v) is 4.61. The summed E-state index contributed by atoms with van der Waals surface area (Å²) in [6.45, 7) is 3.28. The van der Waals surface area contributed by atoms with Gasteiger partial charge in [0, 0.05) is 20.5 Å². The molecule has 2 heterocycles. The van der Waals surface area contributed by atoms with Gasteiger partial charge in [0.1, 0.15) is 5.15 Å². The molecule has 0 aliphatic carbocycles. The normalized spacial score (nSPS) is 12.2. The van der Waals surface area contributed by atoms with Crippen LogP contribution in [0, 0.1) is 0 Å². The zero-order chi connectivity index (χ0) is 15.4. The Morgan fingerprint density at radius 2 is 2.14 bits per heavy atom. The summed E-state index contributed by atoms with van der Waals surface area (Å²) in [5.41, 5.74) is 0.922. The summed E-state index contributed by atoms with van der Waals surface area (Å²) in [7, 11) is 1.53. The first-order valence-electron chi connectivity index (χ1n) is 6.34. The van der Waals surface area contributed by atoms with Crippen LogP contribution in [0.15, 0.2) is 12.1 Å². The van der Waals surface area contributed by atoms with Gasteiger partial charge in [-0.25, -0.2) is 9.97 Å². The van der Waals surface area contributed by atoms with Crippen LogP contribution in [0.25, 0.3) is 11.0 Å². The van der Waals surface area contributed by atoms with Crippen LogP contribution in [0.2, 0.25) is 5.15 Å². The van der Waals surface area contributed by atoms with Crippen molar-refractivity contribution in [2.45, 2.75) is 26.6 Å². The van der Waals surface area contributed by atoms with Crippen molar-refractivity contribution < 1.29 is 14.3 Å². The van der Waals surface area contributed by atoms with Crippen molar-refractivity contribution >= 4 is 34.5 Å². The molecule has 0 spiro atoms. The van der Waals surface area contributed by atoms with Crippen LogP contribution in [-0.2, 0) is 9.53 Å². The third-order valence-electron chi connectivity index (χ3n) is 2.60. The van der Waals surface area contributed by atoms with Crippen molar-refractivity contribution in [2.75, 3.05) is 12.4 Å². The molecule has 0 aliphatic rings. The van der Waals surface area contributed by atoms with Gasteiger partial charge in [0.15, 0.2) is 5.52 Å². The monoisotopic (exact) mass is 310 g/mol. The van der Waals surface area contributed by atoms with Gasteiger partial charge in [-0.3, -0.25) is 10.1 Å². The highest BCUT2D eigenvalue weighted by molar-refractivity contribution is 6.29. The number of carbonyl (C=O) groups excluding carboxylic acids is 1. The van der Waals surface area contributed by atoms with Gasteiger partial charge in [0.2, 0.25) is 24.0 Å². The molecule has 0 saturated carbocycles. The van der Waals surface area contributed by atoms with Gasteiger partial charge in [-0.15, -0.1) is 0 Å². The van der Waals surface area contributed by atoms with Crippen LogP contribution < -0.4 is 10.1 Å². The minimum Gasteiger partial charge on any atom is -0.446 e. The average Bonchev–Trinajstić information content (AvgIpc) is 2.44. The van der Waals surface area contributed by atoms with E-state index in [0.717, 1.165) is 0 Å². The number of carbonyl (C=O) groups is 1. The molecule has 21 heavy (non-hydrogen) atoms. The smallest absolute Gasteiger partial charge is 0.247 e. The van der Waals surface area contributed by atoms with E-state index < -0.39 is 6.29 Å². The van der Waals surface area contributed by atoms with Gasteiger partial charge in [-0.2, -0.15) is 4.98 Å². The second-order valence-electron chi connectivity index (χ2n) is 4.23. The lowest BCUT2D eigenvalue weighted by molar-refractivity contribution is -0.114. The molecule has 1 amide bonds. The summed E-state index contributed by atoms with van der Waals surface area (Å²) in [6, 6.07) is 3.28. The second kappa shape index (κ2) is 6.64. The number of amides is 1. The maximum absolute atomic E-state index is 11.2. The van der Waals surface area contributed by atoms with Crippen molar-refractivity contribution in [1.82, 2.24) is 15.0 Å². The Kier molecular flexibility index (Phi) is 4.87. The molecule has 112 valence electrons. The van der Waals surface area contributed by atoms with Crippen LogP contribution in [0.5, 0.6) is 5.88 Å². The number of nitrogens with zero attached hydrogens (tertiary/aromatic N) is 3. The molecule has 0 aliphatic heterocycles. The summed E-state index contributed by atoms with van der Waals surface area (Å²) in [6.07, 6.45) is 0.145. The zero-order valence-corrected chi connectivity index (χ0v) is 12.6. The van der Waals surface area contributed by atoms with E-state index in [1.165, 1.54) is 14.0 Å². The number of fused-ring (bicyclic) bond motifs is 1. The zero-order valence-electron chi connectivity index (χ0n) is 11.9. The first-order valence-corrected chi connectivity index (χ1v) is 6.72. The number of halogens is 1. The fraction of sp³-hybridized carbons (Fsp3) is 0.385. The fourth-order valence-corrected chi connectivity index (χ4v) is 1.83. The van der Waals surface area contributed by atoms with Crippen LogP contribution in [0.3, 0.4) is 0 Å². The van der Waals surface area contributed by atoms with Gasteiger partial charge in [0.05, 0.1) is 5.52 Å². The minimum absolute atomic E-state index is 0.139. The number of pyridine rings is 1. The van der Waals surface area contributed by atoms with E-state index in [1.807, 2.05) is 6.92 Å². The van der Waals surface area contributed by atoms with Gasteiger partial charge in [-0.05, 0) is 12.1 Å². The molecule has 0 radical (unpaired) electrons. The molecule has 2 rings (SSSR count). The van der Waals surface area contributed by atoms with Crippen LogP contribution in [0.1, 0.15) is 20.3 Å². The quantitative estimate of drug-likeness (QED) is 0.674. The Balaban J connectivity index is 2.51. The maximum atomic E-state index is 11.2. The predicted molar refractivity (Wildman–Crippen MR) is 78.4 cm³/mol. The molecule has 0 saturated heterocycles. The number of anilines is 1. The molecule has 7 nitrogen and oxygen atoms in total. The van der Waals surface area contributed by atoms with Crippen molar-refractivity contribution in [3.05, 3.63) is 17.3 Å². The highest BCUT2D eigenvalue weighted by Crippen LogP contribution is 2.25. The number of hydrogen-bond acceptors (Lipinski definition) is 6. The predicted octanol–water partition coefficient (Wildman–Crippen LogP) is 2.40. The van der Waals surface area contributed by atoms with E-state index in [0.29, 0.717) is 22.6 Å². The van der Waals surface area contributed by atoms with Crippen molar-refractivity contribution in [3.63, 3.8) is 0 Å². The summed E-state index contributed by atoms with van der Waals surface area (Å²) in [5.74, 6) is 0.0704. The lowest BCUT2D eigenvalue weighted by Crippen LogP contribution is -2.19. The third kappa shape index (κ3) is 3.77. The number of nitrogens with one attached hydrogen (secondary N) is 1. The highest BCUT2D eigenvalue weighted by Gasteiger charge is 2.15. The summed E-state index contributed by atoms with van der Waals surface area (Å²) < 4.78 is 10.8. The molecule has 0 unspecified atom stereocenters. The van der Waals surface area contributed by atoms with E-state index in [9.17, 15) is 4.79 Å².